The summed E-state index contributed by atoms with van der Waals surface area (Å²) in [5, 5.41) is 0. The molecule has 0 radical (unpaired) electrons. The van der Waals surface area contributed by atoms with Crippen molar-refractivity contribution in [1.82, 2.24) is 0 Å². The Morgan fingerprint density at radius 1 is 0.125 bits per heavy atom. The molecule has 0 bridgehead atoms. The van der Waals surface area contributed by atoms with Gasteiger partial charge in [-0.15, -0.1) is 0 Å². The molecular weight excluding hydrogens is 720 g/mol. The largest absolute Gasteiger partial charge is 0.239 e. The summed E-state index contributed by atoms with van der Waals surface area (Å²) in [5.41, 5.74) is 12.0. The molecule has 0 heterocycles. The third-order valence-electron chi connectivity index (χ3n) is 0. The van der Waals surface area contributed by atoms with Crippen molar-refractivity contribution in [3.63, 3.8) is 0 Å². The molecule has 0 unspecified atom stereocenters. The molecule has 0 aliphatic heterocycles. The van der Waals surface area contributed by atoms with Crippen LogP contribution in [0.4, 0.5) is 0 Å². The zero-order chi connectivity index (χ0) is 21.7. The SMILES string of the molecule is C.C.C.C.C.C.C.C.C.C.C.C.C.C.C.C.C.C.C.C.C.C.C.C.C.C.C.C.C.C.C.C.C.C.C.C.C.C.C.C.[2H]N=O.[2H]N=O.[2H]N=O.[2H]N=O.[2H]N=O.[2H]N=O.[2H]N=O.[2H]N=O. The summed E-state index contributed by atoms with van der Waals surface area (Å²) >= 11 is 0. The van der Waals surface area contributed by atoms with Gasteiger partial charge in [-0.25, -0.2) is 0 Å². The van der Waals surface area contributed by atoms with Crippen LogP contribution in [0.1, 0.15) is 297 Å². The first-order chi connectivity index (χ1) is 11.3. The Kier molecular flexibility index (Phi) is 202000. The fourth-order valence-electron chi connectivity index (χ4n) is 0. The zero-order valence-corrected chi connectivity index (χ0v) is 6.84. The second-order valence-electron chi connectivity index (χ2n) is 0. The fraction of sp³-hybridized carbons (Fsp3) is 1.00. The number of hydrogen-bond acceptors (Lipinski definition) is 16. The van der Waals surface area contributed by atoms with Crippen molar-refractivity contribution in [3.8, 4) is 0 Å². The van der Waals surface area contributed by atoms with Crippen LogP contribution in [-0.2, 0) is 0 Å². The van der Waals surface area contributed by atoms with E-state index in [1.165, 1.54) is 44.7 Å². The highest BCUT2D eigenvalue weighted by molar-refractivity contribution is 3.65. The van der Waals surface area contributed by atoms with Crippen LogP contribution < -0.4 is 0 Å². The molecule has 416 valence electrons. The van der Waals surface area contributed by atoms with Crippen molar-refractivity contribution in [2.45, 2.75) is 297 Å². The third-order valence-corrected chi connectivity index (χ3v) is 0. The van der Waals surface area contributed by atoms with Gasteiger partial charge in [-0.05, 0) is 0 Å². The first kappa shape index (κ1) is 865. The van der Waals surface area contributed by atoms with E-state index in [9.17, 15) is 0 Å². The standard InChI is InChI=1S/40CH4.8HNO/c;;;;;;;;;;;;;;;;;;;;;;;;;;;;;;;;;;;;;;;;8*1-2/h40*1H4;8*1H/i;;;;;;;;;;;;;;;;;;;;;;;;;;;;;;;;;;;;;;;;8*1D. The van der Waals surface area contributed by atoms with E-state index in [-0.39, 0.29) is 297 Å². The Bertz CT molecular complexity index is 231. The molecule has 0 aliphatic carbocycles. The maximum Gasteiger partial charge on any atom is 0.239 e. The van der Waals surface area contributed by atoms with Gasteiger partial charge in [0.15, 0.2) is 0 Å². The molecule has 0 fully saturated rings. The van der Waals surface area contributed by atoms with E-state index in [1.807, 2.05) is 0 Å². The highest BCUT2D eigenvalue weighted by Gasteiger charge is 0.603. The van der Waals surface area contributed by atoms with Gasteiger partial charge in [0, 0.05) is 0 Å². The maximum absolute atomic E-state index is 8.22. The molecule has 0 saturated carbocycles. The van der Waals surface area contributed by atoms with Crippen LogP contribution in [0.3, 0.4) is 0 Å². The van der Waals surface area contributed by atoms with Crippen molar-refractivity contribution < 1.29 is 11.3 Å². The van der Waals surface area contributed by atoms with Gasteiger partial charge in [-0.3, -0.25) is 0 Å². The average molecular weight is 898 g/mol. The van der Waals surface area contributed by atoms with Gasteiger partial charge in [-0.1, -0.05) is 342 Å². The van der Waals surface area contributed by atoms with E-state index in [4.69, 9.17) is 50.6 Å². The summed E-state index contributed by atoms with van der Waals surface area (Å²) in [6.07, 6.45) is 0. The second-order valence-corrected chi connectivity index (χ2v) is 0. The summed E-state index contributed by atoms with van der Waals surface area (Å²) < 4.78 is 42.2. The van der Waals surface area contributed by atoms with Crippen molar-refractivity contribution in [3.05, 3.63) is 39.3 Å². The highest BCUT2D eigenvalue weighted by Crippen LogP contribution is 0.781. The molecule has 8 N–H and O–H groups in total. The Morgan fingerprint density at radius 2 is 0.125 bits per heavy atom. The molecule has 0 aromatic carbocycles. The van der Waals surface area contributed by atoms with Gasteiger partial charge in [-0.2, -0.15) is 39.3 Å². The van der Waals surface area contributed by atoms with Crippen LogP contribution in [0.5, 0.6) is 0 Å². The van der Waals surface area contributed by atoms with Gasteiger partial charge in [0.2, 0.25) is 11.3 Å². The maximum atomic E-state index is 8.22. The topological polar surface area (TPSA) is 327 Å². The van der Waals surface area contributed by atoms with Gasteiger partial charge in [0.25, 0.3) is 0 Å². The van der Waals surface area contributed by atoms with Crippen LogP contribution in [-0.4, -0.2) is 0 Å². The zero-order valence-electron chi connectivity index (χ0n) is 14.8. The molecule has 56 heavy (non-hydrogen) atoms. The van der Waals surface area contributed by atoms with E-state index < -0.39 is 0 Å². The summed E-state index contributed by atoms with van der Waals surface area (Å²) in [4.78, 5) is 65.8. The molecule has 0 aromatic heterocycles. The second kappa shape index (κ2) is 13100. The predicted octanol–water partition coefficient (Wildman–Crippen LogP) is 28.1. The third kappa shape index (κ3) is 12300. The lowest BCUT2D eigenvalue weighted by molar-refractivity contribution is 1.49. The number of rotatable bonds is 0. The monoisotopic (exact) mass is 897 g/mol. The Balaban J connectivity index is -0.000000000912. The van der Waals surface area contributed by atoms with Crippen LogP contribution in [0.2, 0.25) is 11.3 Å². The van der Waals surface area contributed by atoms with E-state index in [1.54, 1.807) is 0 Å². The number of nitroso groups, excluding NO2 is 8. The molecule has 0 aliphatic rings. The molecule has 0 spiro atoms. The van der Waals surface area contributed by atoms with Crippen molar-refractivity contribution in [2.24, 2.45) is 0 Å². The molecule has 0 rings (SSSR count). The lowest BCUT2D eigenvalue weighted by atomic mass is 12.0. The normalized spacial score (nSPS) is 2.00. The molecule has 16 heteroatoms. The van der Waals surface area contributed by atoms with Gasteiger partial charge < -0.3 is 0 Å². The lowest BCUT2D eigenvalue weighted by Crippen LogP contribution is -0.649. The average Bonchev–Trinajstić information content (AvgIpc) is 2.45. The first-order valence-electron chi connectivity index (χ1n) is 5.04. The van der Waals surface area contributed by atoms with Crippen LogP contribution in [0.15, 0.2) is 0 Å². The van der Waals surface area contributed by atoms with Crippen molar-refractivity contribution >= 4 is 0 Å². The molecule has 16 nitrogen and oxygen atoms in total. The lowest BCUT2D eigenvalue weighted by Gasteiger charge is -0.827. The van der Waals surface area contributed by atoms with E-state index in [0.29, 0.717) is 0 Å². The Labute approximate surface area is 392 Å². The summed E-state index contributed by atoms with van der Waals surface area (Å²) in [5.74, 6) is 0. The van der Waals surface area contributed by atoms with E-state index in [2.05, 4.69) is 0 Å². The highest BCUT2D eigenvalue weighted by atomic mass is 16.2. The minimum atomic E-state index is 0. The molecule has 0 aromatic rings. The van der Waals surface area contributed by atoms with E-state index in [0.717, 1.165) is 0 Å². The summed E-state index contributed by atoms with van der Waals surface area (Å²) in [6.45, 7) is 0. The minimum Gasteiger partial charge on any atom is -0.154 e. The number of nitrogens with one attached hydrogen (secondary N) is 8. The molecular formula is C40H168N8O8. The Morgan fingerprint density at radius 3 is 0.125 bits per heavy atom. The smallest absolute Gasteiger partial charge is 0.154 e. The molecule has 0 saturated heterocycles. The van der Waals surface area contributed by atoms with Crippen LogP contribution >= 0.6 is 0 Å². The summed E-state index contributed by atoms with van der Waals surface area (Å²) in [6, 6.07) is 0. The van der Waals surface area contributed by atoms with Gasteiger partial charge in [0.1, 0.15) is 0 Å². The quantitative estimate of drug-likeness (QED) is 0.108. The predicted molar refractivity (Wildman–Crippen MR) is 318 cm³/mol. The Hall–Kier alpha value is -3.20. The van der Waals surface area contributed by atoms with E-state index >= 15 is 0 Å². The van der Waals surface area contributed by atoms with Crippen molar-refractivity contribution in [1.29, 1.82) is 44.7 Å². The molecule has 0 atom stereocenters. The van der Waals surface area contributed by atoms with Crippen LogP contribution in [0, 0.1) is 84.0 Å². The first-order valence-corrected chi connectivity index (χ1v) is 1.46. The summed E-state index contributed by atoms with van der Waals surface area (Å²) in [7, 11) is 0. The number of hydrogen-bond donors (Lipinski definition) is 8. The van der Waals surface area contributed by atoms with Gasteiger partial charge >= 0.3 is 0 Å². The molecule has 0 amide bonds. The van der Waals surface area contributed by atoms with Crippen LogP contribution in [0.25, 0.3) is 0 Å². The fourth-order valence-corrected chi connectivity index (χ4v) is 0. The minimum absolute atomic E-state index is 0. The van der Waals surface area contributed by atoms with Gasteiger partial charge in [0.05, 0.1) is 0 Å². The van der Waals surface area contributed by atoms with Crippen molar-refractivity contribution in [2.75, 3.05) is 0 Å².